The molecule has 0 aliphatic heterocycles. The van der Waals surface area contributed by atoms with Crippen molar-refractivity contribution in [2.75, 3.05) is 23.8 Å². The molecule has 1 aliphatic carbocycles. The molecule has 1 heterocycles. The fraction of sp³-hybridized carbons (Fsp3) is 0.667. The van der Waals surface area contributed by atoms with Crippen LogP contribution in [0.5, 0.6) is 0 Å². The van der Waals surface area contributed by atoms with Gasteiger partial charge in [-0.15, -0.1) is 0 Å². The van der Waals surface area contributed by atoms with E-state index in [1.54, 1.807) is 6.07 Å². The molecule has 0 spiro atoms. The second kappa shape index (κ2) is 6.86. The van der Waals surface area contributed by atoms with Crippen LogP contribution in [0.15, 0.2) is 6.07 Å². The van der Waals surface area contributed by atoms with E-state index < -0.39 is 0 Å². The van der Waals surface area contributed by atoms with Crippen molar-refractivity contribution in [1.29, 1.82) is 0 Å². The van der Waals surface area contributed by atoms with Gasteiger partial charge in [0.05, 0.1) is 10.0 Å². The van der Waals surface area contributed by atoms with Crippen molar-refractivity contribution in [1.82, 2.24) is 4.98 Å². The lowest BCUT2D eigenvalue weighted by atomic mass is 10.1. The maximum atomic E-state index is 6.40. The van der Waals surface area contributed by atoms with Crippen LogP contribution in [0.2, 0.25) is 10.0 Å². The van der Waals surface area contributed by atoms with Gasteiger partial charge in [0.1, 0.15) is 11.6 Å². The Balaban J connectivity index is 2.36. The first-order chi connectivity index (χ1) is 9.52. The van der Waals surface area contributed by atoms with Gasteiger partial charge in [0.15, 0.2) is 0 Å². The smallest absolute Gasteiger partial charge is 0.150 e. The normalized spacial score (nSPS) is 15.9. The van der Waals surface area contributed by atoms with Crippen molar-refractivity contribution in [3.63, 3.8) is 0 Å². The van der Waals surface area contributed by atoms with Crippen LogP contribution in [-0.2, 0) is 0 Å². The summed E-state index contributed by atoms with van der Waals surface area (Å²) in [4.78, 5) is 7.01. The molecule has 0 atom stereocenters. The average Bonchev–Trinajstić information content (AvgIpc) is 2.90. The highest BCUT2D eigenvalue weighted by atomic mass is 35.5. The molecule has 0 amide bonds. The first kappa shape index (κ1) is 15.7. The molecule has 0 radical (unpaired) electrons. The maximum absolute atomic E-state index is 6.40. The zero-order valence-corrected chi connectivity index (χ0v) is 13.9. The van der Waals surface area contributed by atoms with Crippen LogP contribution in [0.3, 0.4) is 0 Å². The molecule has 1 N–H and O–H groups in total. The van der Waals surface area contributed by atoms with Gasteiger partial charge in [-0.25, -0.2) is 4.98 Å². The minimum Gasteiger partial charge on any atom is -0.372 e. The van der Waals surface area contributed by atoms with E-state index in [2.05, 4.69) is 29.0 Å². The number of hydrogen-bond donors (Lipinski definition) is 1. The summed E-state index contributed by atoms with van der Waals surface area (Å²) >= 11 is 12.5. The van der Waals surface area contributed by atoms with Crippen LogP contribution < -0.4 is 10.2 Å². The zero-order chi connectivity index (χ0) is 14.7. The number of halogens is 2. The Morgan fingerprint density at radius 3 is 2.50 bits per heavy atom. The van der Waals surface area contributed by atoms with Crippen molar-refractivity contribution in [3.05, 3.63) is 16.1 Å². The highest BCUT2D eigenvalue weighted by Gasteiger charge is 2.26. The molecular formula is C15H23Cl2N3. The van der Waals surface area contributed by atoms with Gasteiger partial charge in [0.25, 0.3) is 0 Å². The Labute approximate surface area is 131 Å². The zero-order valence-electron chi connectivity index (χ0n) is 12.4. The van der Waals surface area contributed by atoms with E-state index in [0.29, 0.717) is 27.8 Å². The average molecular weight is 316 g/mol. The van der Waals surface area contributed by atoms with E-state index >= 15 is 0 Å². The number of hydrogen-bond acceptors (Lipinski definition) is 3. The molecular weight excluding hydrogens is 293 g/mol. The molecule has 3 nitrogen and oxygen atoms in total. The summed E-state index contributed by atoms with van der Waals surface area (Å²) in [6.07, 6.45) is 5.04. The van der Waals surface area contributed by atoms with Crippen molar-refractivity contribution in [2.24, 2.45) is 5.92 Å². The summed E-state index contributed by atoms with van der Waals surface area (Å²) in [5.74, 6) is 2.13. The van der Waals surface area contributed by atoms with Gasteiger partial charge in [0, 0.05) is 19.6 Å². The molecule has 1 aromatic rings. The SMILES string of the molecule is CNc1nc(N(CC(C)C)C2CCCC2)c(Cl)cc1Cl. The topological polar surface area (TPSA) is 28.2 Å². The van der Waals surface area contributed by atoms with Gasteiger partial charge in [-0.3, -0.25) is 0 Å². The van der Waals surface area contributed by atoms with E-state index in [1.165, 1.54) is 25.7 Å². The third-order valence-electron chi connectivity index (χ3n) is 3.75. The molecule has 1 aliphatic rings. The predicted octanol–water partition coefficient (Wildman–Crippen LogP) is 4.84. The van der Waals surface area contributed by atoms with E-state index in [4.69, 9.17) is 23.2 Å². The molecule has 20 heavy (non-hydrogen) atoms. The van der Waals surface area contributed by atoms with Gasteiger partial charge in [-0.1, -0.05) is 49.9 Å². The molecule has 1 saturated carbocycles. The Hall–Kier alpha value is -0.670. The predicted molar refractivity (Wildman–Crippen MR) is 88.2 cm³/mol. The van der Waals surface area contributed by atoms with Gasteiger partial charge >= 0.3 is 0 Å². The largest absolute Gasteiger partial charge is 0.372 e. The Bertz CT molecular complexity index is 457. The lowest BCUT2D eigenvalue weighted by Gasteiger charge is -2.32. The molecule has 112 valence electrons. The summed E-state index contributed by atoms with van der Waals surface area (Å²) < 4.78 is 0. The van der Waals surface area contributed by atoms with E-state index in [0.717, 1.165) is 12.4 Å². The number of pyridine rings is 1. The highest BCUT2D eigenvalue weighted by molar-refractivity contribution is 6.37. The maximum Gasteiger partial charge on any atom is 0.150 e. The monoisotopic (exact) mass is 315 g/mol. The number of nitrogens with zero attached hydrogens (tertiary/aromatic N) is 2. The molecule has 5 heteroatoms. The van der Waals surface area contributed by atoms with Crippen LogP contribution in [0.25, 0.3) is 0 Å². The van der Waals surface area contributed by atoms with Crippen LogP contribution >= 0.6 is 23.2 Å². The van der Waals surface area contributed by atoms with Gasteiger partial charge in [-0.2, -0.15) is 0 Å². The number of anilines is 2. The summed E-state index contributed by atoms with van der Waals surface area (Å²) in [7, 11) is 1.83. The van der Waals surface area contributed by atoms with E-state index in [-0.39, 0.29) is 0 Å². The minimum atomic E-state index is 0.549. The van der Waals surface area contributed by atoms with Crippen molar-refractivity contribution in [2.45, 2.75) is 45.6 Å². The Morgan fingerprint density at radius 2 is 1.95 bits per heavy atom. The number of rotatable bonds is 5. The Morgan fingerprint density at radius 1 is 1.30 bits per heavy atom. The van der Waals surface area contributed by atoms with Crippen LogP contribution in [0.4, 0.5) is 11.6 Å². The van der Waals surface area contributed by atoms with E-state index in [9.17, 15) is 0 Å². The minimum absolute atomic E-state index is 0.549. The van der Waals surface area contributed by atoms with Crippen LogP contribution in [-0.4, -0.2) is 24.6 Å². The van der Waals surface area contributed by atoms with Crippen molar-refractivity contribution < 1.29 is 0 Å². The third-order valence-corrected chi connectivity index (χ3v) is 4.31. The van der Waals surface area contributed by atoms with Crippen LogP contribution in [0, 0.1) is 5.92 Å². The number of aromatic nitrogens is 1. The lowest BCUT2D eigenvalue weighted by molar-refractivity contribution is 0.531. The molecule has 0 aromatic carbocycles. The highest BCUT2D eigenvalue weighted by Crippen LogP contribution is 2.35. The first-order valence-corrected chi connectivity index (χ1v) is 8.09. The van der Waals surface area contributed by atoms with Crippen LogP contribution in [0.1, 0.15) is 39.5 Å². The summed E-state index contributed by atoms with van der Waals surface area (Å²) in [5, 5.41) is 4.24. The third kappa shape index (κ3) is 3.50. The van der Waals surface area contributed by atoms with Gasteiger partial charge < -0.3 is 10.2 Å². The standard InChI is InChI=1S/C15H23Cl2N3/c1-10(2)9-20(11-6-4-5-7-11)15-13(17)8-12(16)14(18-3)19-15/h8,10-11H,4-7,9H2,1-3H3,(H,18,19). The van der Waals surface area contributed by atoms with Gasteiger partial charge in [0.2, 0.25) is 0 Å². The van der Waals surface area contributed by atoms with Crippen molar-refractivity contribution >= 4 is 34.8 Å². The summed E-state index contributed by atoms with van der Waals surface area (Å²) in [5.41, 5.74) is 0. The summed E-state index contributed by atoms with van der Waals surface area (Å²) in [6, 6.07) is 2.34. The van der Waals surface area contributed by atoms with Crippen molar-refractivity contribution in [3.8, 4) is 0 Å². The summed E-state index contributed by atoms with van der Waals surface area (Å²) in [6.45, 7) is 5.43. The molecule has 1 fully saturated rings. The Kier molecular flexibility index (Phi) is 5.39. The fourth-order valence-electron chi connectivity index (χ4n) is 2.85. The quantitative estimate of drug-likeness (QED) is 0.843. The molecule has 0 saturated heterocycles. The molecule has 0 bridgehead atoms. The molecule has 1 aromatic heterocycles. The van der Waals surface area contributed by atoms with E-state index in [1.807, 2.05) is 7.05 Å². The van der Waals surface area contributed by atoms with Gasteiger partial charge in [-0.05, 0) is 24.8 Å². The second-order valence-electron chi connectivity index (χ2n) is 5.86. The number of nitrogens with one attached hydrogen (secondary N) is 1. The molecule has 0 unspecified atom stereocenters. The first-order valence-electron chi connectivity index (χ1n) is 7.33. The molecule has 2 rings (SSSR count). The second-order valence-corrected chi connectivity index (χ2v) is 6.67. The lowest BCUT2D eigenvalue weighted by Crippen LogP contribution is -2.37. The fourth-order valence-corrected chi connectivity index (χ4v) is 3.41.